The summed E-state index contributed by atoms with van der Waals surface area (Å²) in [6, 6.07) is 12.8. The second-order valence-corrected chi connectivity index (χ2v) is 4.61. The van der Waals surface area contributed by atoms with Gasteiger partial charge in [-0.3, -0.25) is 0 Å². The normalized spacial score (nSPS) is 10.2. The molecule has 0 radical (unpaired) electrons. The minimum atomic E-state index is -0.0629. The lowest BCUT2D eigenvalue weighted by Gasteiger charge is -2.11. The molecule has 0 heterocycles. The molecule has 3 nitrogen and oxygen atoms in total. The highest BCUT2D eigenvalue weighted by atomic mass is 79.9. The Balaban J connectivity index is 2.29. The fourth-order valence-electron chi connectivity index (χ4n) is 1.55. The quantitative estimate of drug-likeness (QED) is 0.935. The standard InChI is InChI=1S/C14H13BrO3/c1-17-12-3-2-4-13(8-12)18-14-7-11(15)6-5-10(14)9-16/h2-8,16H,9H2,1H3. The number of hydrogen-bond acceptors (Lipinski definition) is 3. The summed E-state index contributed by atoms with van der Waals surface area (Å²) in [6.07, 6.45) is 0. The van der Waals surface area contributed by atoms with Gasteiger partial charge in [-0.15, -0.1) is 0 Å². The van der Waals surface area contributed by atoms with Crippen LogP contribution in [0, 0.1) is 0 Å². The molecule has 0 unspecified atom stereocenters. The summed E-state index contributed by atoms with van der Waals surface area (Å²) < 4.78 is 11.8. The fourth-order valence-corrected chi connectivity index (χ4v) is 1.89. The Bertz CT molecular complexity index is 540. The molecule has 2 rings (SSSR count). The summed E-state index contributed by atoms with van der Waals surface area (Å²) in [5.41, 5.74) is 0.737. The van der Waals surface area contributed by atoms with Gasteiger partial charge in [0.05, 0.1) is 13.7 Å². The number of rotatable bonds is 4. The van der Waals surface area contributed by atoms with E-state index >= 15 is 0 Å². The number of halogens is 1. The predicted molar refractivity (Wildman–Crippen MR) is 73.1 cm³/mol. The van der Waals surface area contributed by atoms with Gasteiger partial charge in [0.25, 0.3) is 0 Å². The highest BCUT2D eigenvalue weighted by Gasteiger charge is 2.06. The van der Waals surface area contributed by atoms with E-state index in [1.165, 1.54) is 0 Å². The molecule has 0 spiro atoms. The number of benzene rings is 2. The first kappa shape index (κ1) is 12.9. The monoisotopic (exact) mass is 308 g/mol. The van der Waals surface area contributed by atoms with Crippen LogP contribution in [0.25, 0.3) is 0 Å². The van der Waals surface area contributed by atoms with E-state index in [-0.39, 0.29) is 6.61 Å². The van der Waals surface area contributed by atoms with E-state index in [1.54, 1.807) is 13.2 Å². The number of methoxy groups -OCH3 is 1. The van der Waals surface area contributed by atoms with Crippen molar-refractivity contribution >= 4 is 15.9 Å². The Kier molecular flexibility index (Phi) is 4.23. The van der Waals surface area contributed by atoms with Crippen LogP contribution in [-0.4, -0.2) is 12.2 Å². The fraction of sp³-hybridized carbons (Fsp3) is 0.143. The van der Waals surface area contributed by atoms with Crippen LogP contribution in [0.5, 0.6) is 17.2 Å². The van der Waals surface area contributed by atoms with Gasteiger partial charge in [0.15, 0.2) is 0 Å². The zero-order valence-corrected chi connectivity index (χ0v) is 11.5. The first-order valence-electron chi connectivity index (χ1n) is 5.44. The minimum Gasteiger partial charge on any atom is -0.497 e. The van der Waals surface area contributed by atoms with Crippen LogP contribution in [0.2, 0.25) is 0 Å². The molecule has 1 N–H and O–H groups in total. The molecule has 0 fully saturated rings. The summed E-state index contributed by atoms with van der Waals surface area (Å²) in [4.78, 5) is 0. The maximum atomic E-state index is 9.27. The molecule has 0 aromatic heterocycles. The zero-order valence-electron chi connectivity index (χ0n) is 9.89. The second kappa shape index (κ2) is 5.89. The lowest BCUT2D eigenvalue weighted by molar-refractivity contribution is 0.276. The number of ether oxygens (including phenoxy) is 2. The maximum Gasteiger partial charge on any atom is 0.134 e. The molecule has 94 valence electrons. The molecule has 0 bridgehead atoms. The van der Waals surface area contributed by atoms with Gasteiger partial charge in [0.2, 0.25) is 0 Å². The van der Waals surface area contributed by atoms with Crippen molar-refractivity contribution in [2.24, 2.45) is 0 Å². The average Bonchev–Trinajstić information content (AvgIpc) is 2.39. The molecule has 0 saturated heterocycles. The van der Waals surface area contributed by atoms with Crippen LogP contribution in [-0.2, 0) is 6.61 Å². The van der Waals surface area contributed by atoms with E-state index < -0.39 is 0 Å². The average molecular weight is 309 g/mol. The van der Waals surface area contributed by atoms with Crippen LogP contribution < -0.4 is 9.47 Å². The molecule has 0 aliphatic rings. The van der Waals surface area contributed by atoms with E-state index in [9.17, 15) is 5.11 Å². The van der Waals surface area contributed by atoms with Crippen molar-refractivity contribution in [2.75, 3.05) is 7.11 Å². The first-order chi connectivity index (χ1) is 8.72. The van der Waals surface area contributed by atoms with Crippen molar-refractivity contribution in [3.63, 3.8) is 0 Å². The van der Waals surface area contributed by atoms with Crippen molar-refractivity contribution in [3.05, 3.63) is 52.5 Å². The third-order valence-corrected chi connectivity index (χ3v) is 2.96. The van der Waals surface area contributed by atoms with Crippen molar-refractivity contribution in [2.45, 2.75) is 6.61 Å². The van der Waals surface area contributed by atoms with Gasteiger partial charge in [0.1, 0.15) is 17.2 Å². The maximum absolute atomic E-state index is 9.27. The van der Waals surface area contributed by atoms with Gasteiger partial charge in [0, 0.05) is 16.1 Å². The number of aliphatic hydroxyl groups excluding tert-OH is 1. The number of hydrogen-bond donors (Lipinski definition) is 1. The predicted octanol–water partition coefficient (Wildman–Crippen LogP) is 3.74. The lowest BCUT2D eigenvalue weighted by atomic mass is 10.2. The largest absolute Gasteiger partial charge is 0.497 e. The summed E-state index contributed by atoms with van der Waals surface area (Å²) in [6.45, 7) is -0.0629. The van der Waals surface area contributed by atoms with Crippen molar-refractivity contribution in [1.29, 1.82) is 0 Å². The third kappa shape index (κ3) is 3.03. The van der Waals surface area contributed by atoms with Crippen LogP contribution in [0.15, 0.2) is 46.9 Å². The molecule has 0 saturated carbocycles. The Hall–Kier alpha value is -1.52. The topological polar surface area (TPSA) is 38.7 Å². The van der Waals surface area contributed by atoms with Crippen molar-refractivity contribution in [1.82, 2.24) is 0 Å². The lowest BCUT2D eigenvalue weighted by Crippen LogP contribution is -1.92. The van der Waals surface area contributed by atoms with Gasteiger partial charge in [-0.25, -0.2) is 0 Å². The number of aliphatic hydroxyl groups is 1. The third-order valence-electron chi connectivity index (χ3n) is 2.47. The molecular weight excluding hydrogens is 296 g/mol. The molecule has 0 atom stereocenters. The highest BCUT2D eigenvalue weighted by Crippen LogP contribution is 2.30. The second-order valence-electron chi connectivity index (χ2n) is 3.69. The first-order valence-corrected chi connectivity index (χ1v) is 6.23. The van der Waals surface area contributed by atoms with E-state index in [0.29, 0.717) is 11.5 Å². The molecular formula is C14H13BrO3. The summed E-state index contributed by atoms with van der Waals surface area (Å²) >= 11 is 3.38. The van der Waals surface area contributed by atoms with E-state index in [4.69, 9.17) is 9.47 Å². The molecule has 0 aliphatic heterocycles. The Morgan fingerprint density at radius 3 is 2.61 bits per heavy atom. The van der Waals surface area contributed by atoms with Crippen molar-refractivity contribution < 1.29 is 14.6 Å². The van der Waals surface area contributed by atoms with E-state index in [2.05, 4.69) is 15.9 Å². The molecule has 18 heavy (non-hydrogen) atoms. The van der Waals surface area contributed by atoms with Crippen LogP contribution in [0.3, 0.4) is 0 Å². The van der Waals surface area contributed by atoms with Gasteiger partial charge < -0.3 is 14.6 Å². The van der Waals surface area contributed by atoms with Gasteiger partial charge in [-0.2, -0.15) is 0 Å². The van der Waals surface area contributed by atoms with Gasteiger partial charge >= 0.3 is 0 Å². The van der Waals surface area contributed by atoms with E-state index in [0.717, 1.165) is 15.8 Å². The SMILES string of the molecule is COc1cccc(Oc2cc(Br)ccc2CO)c1. The summed E-state index contributed by atoms with van der Waals surface area (Å²) in [5, 5.41) is 9.27. The molecule has 2 aromatic rings. The molecule has 4 heteroatoms. The molecule has 0 aliphatic carbocycles. The minimum absolute atomic E-state index is 0.0629. The Morgan fingerprint density at radius 2 is 1.89 bits per heavy atom. The van der Waals surface area contributed by atoms with Gasteiger partial charge in [-0.1, -0.05) is 28.1 Å². The Labute approximate surface area is 114 Å². The van der Waals surface area contributed by atoms with E-state index in [1.807, 2.05) is 36.4 Å². The summed E-state index contributed by atoms with van der Waals surface area (Å²) in [7, 11) is 1.61. The molecule has 2 aromatic carbocycles. The smallest absolute Gasteiger partial charge is 0.134 e. The van der Waals surface area contributed by atoms with Crippen LogP contribution in [0.4, 0.5) is 0 Å². The zero-order chi connectivity index (χ0) is 13.0. The van der Waals surface area contributed by atoms with Crippen LogP contribution >= 0.6 is 15.9 Å². The summed E-state index contributed by atoms with van der Waals surface area (Å²) in [5.74, 6) is 2.02. The van der Waals surface area contributed by atoms with Gasteiger partial charge in [-0.05, 0) is 24.3 Å². The van der Waals surface area contributed by atoms with Crippen LogP contribution in [0.1, 0.15) is 5.56 Å². The van der Waals surface area contributed by atoms with Crippen molar-refractivity contribution in [3.8, 4) is 17.2 Å². The highest BCUT2D eigenvalue weighted by molar-refractivity contribution is 9.10. The Morgan fingerprint density at radius 1 is 1.11 bits per heavy atom. The molecule has 0 amide bonds.